The molecule has 0 aliphatic heterocycles. The minimum absolute atomic E-state index is 0.0625. The van der Waals surface area contributed by atoms with E-state index in [9.17, 15) is 4.79 Å². The molecular weight excluding hydrogens is 192 g/mol. The number of carbonyl (C=O) groups is 1. The molecule has 3 nitrogen and oxygen atoms in total. The number of rotatable bonds is 4. The van der Waals surface area contributed by atoms with Crippen molar-refractivity contribution in [1.82, 2.24) is 0 Å². The predicted molar refractivity (Wildman–Crippen MR) is 60.7 cm³/mol. The molecule has 0 aliphatic carbocycles. The van der Waals surface area contributed by atoms with Gasteiger partial charge in [0.05, 0.1) is 6.10 Å². The fraction of sp³-hybridized carbons (Fsp3) is 0.917. The van der Waals surface area contributed by atoms with E-state index in [0.29, 0.717) is 5.92 Å². The third-order valence-electron chi connectivity index (χ3n) is 2.10. The summed E-state index contributed by atoms with van der Waals surface area (Å²) >= 11 is 0. The molecule has 0 aromatic heterocycles. The van der Waals surface area contributed by atoms with Gasteiger partial charge in [-0.15, -0.1) is 0 Å². The van der Waals surface area contributed by atoms with Gasteiger partial charge in [0.1, 0.15) is 5.60 Å². The van der Waals surface area contributed by atoms with Gasteiger partial charge in [-0.05, 0) is 40.5 Å². The van der Waals surface area contributed by atoms with Crippen LogP contribution in [0.1, 0.15) is 48.5 Å². The van der Waals surface area contributed by atoms with E-state index in [1.165, 1.54) is 0 Å². The van der Waals surface area contributed by atoms with Crippen molar-refractivity contribution in [3.8, 4) is 0 Å². The van der Waals surface area contributed by atoms with Crippen LogP contribution in [0.4, 0.5) is 0 Å². The monoisotopic (exact) mass is 216 g/mol. The number of esters is 1. The number of carbonyl (C=O) groups excluding carboxylic acids is 1. The molecule has 0 aromatic carbocycles. The first-order valence-corrected chi connectivity index (χ1v) is 5.52. The molecule has 3 heteroatoms. The quantitative estimate of drug-likeness (QED) is 0.678. The van der Waals surface area contributed by atoms with E-state index in [4.69, 9.17) is 9.47 Å². The maximum atomic E-state index is 11.6. The number of hydrogen-bond donors (Lipinski definition) is 0. The van der Waals surface area contributed by atoms with Crippen LogP contribution in [0, 0.1) is 5.92 Å². The van der Waals surface area contributed by atoms with Gasteiger partial charge in [0.2, 0.25) is 0 Å². The minimum atomic E-state index is -0.498. The summed E-state index contributed by atoms with van der Waals surface area (Å²) in [5.74, 6) is 0.102. The van der Waals surface area contributed by atoms with Crippen LogP contribution in [0.25, 0.3) is 0 Å². The summed E-state index contributed by atoms with van der Waals surface area (Å²) in [6.07, 6.45) is -0.436. The first-order chi connectivity index (χ1) is 6.63. The van der Waals surface area contributed by atoms with Crippen LogP contribution >= 0.6 is 0 Å². The average Bonchev–Trinajstić information content (AvgIpc) is 2.00. The first-order valence-electron chi connectivity index (χ1n) is 5.52. The fourth-order valence-electron chi connectivity index (χ4n) is 0.919. The molecule has 0 fully saturated rings. The van der Waals surface area contributed by atoms with Crippen molar-refractivity contribution < 1.29 is 14.3 Å². The fourth-order valence-corrected chi connectivity index (χ4v) is 0.919. The molecule has 0 radical (unpaired) electrons. The average molecular weight is 216 g/mol. The number of hydrogen-bond acceptors (Lipinski definition) is 3. The molecule has 90 valence electrons. The summed E-state index contributed by atoms with van der Waals surface area (Å²) in [7, 11) is 0. The summed E-state index contributed by atoms with van der Waals surface area (Å²) in [4.78, 5) is 11.6. The lowest BCUT2D eigenvalue weighted by molar-refractivity contribution is -0.171. The molecule has 0 spiro atoms. The van der Waals surface area contributed by atoms with Crippen LogP contribution in [0.15, 0.2) is 0 Å². The molecule has 0 bridgehead atoms. The Morgan fingerprint density at radius 2 is 1.53 bits per heavy atom. The van der Waals surface area contributed by atoms with Gasteiger partial charge in [0.25, 0.3) is 0 Å². The van der Waals surface area contributed by atoms with Crippen molar-refractivity contribution >= 4 is 5.97 Å². The van der Waals surface area contributed by atoms with Crippen molar-refractivity contribution in [3.05, 3.63) is 0 Å². The Bertz CT molecular complexity index is 203. The SMILES string of the molecule is CC(OC(C)C(C)C)C(=O)OC(C)(C)C. The highest BCUT2D eigenvalue weighted by atomic mass is 16.6. The minimum Gasteiger partial charge on any atom is -0.458 e. The zero-order valence-corrected chi connectivity index (χ0v) is 11.0. The van der Waals surface area contributed by atoms with Crippen molar-refractivity contribution in [2.75, 3.05) is 0 Å². The molecule has 0 heterocycles. The van der Waals surface area contributed by atoms with Crippen LogP contribution in [-0.2, 0) is 14.3 Å². The van der Waals surface area contributed by atoms with Gasteiger partial charge in [0, 0.05) is 0 Å². The van der Waals surface area contributed by atoms with E-state index in [-0.39, 0.29) is 12.1 Å². The Labute approximate surface area is 93.1 Å². The van der Waals surface area contributed by atoms with Crippen molar-refractivity contribution in [3.63, 3.8) is 0 Å². The van der Waals surface area contributed by atoms with Gasteiger partial charge in [-0.2, -0.15) is 0 Å². The zero-order chi connectivity index (χ0) is 12.2. The third kappa shape index (κ3) is 6.50. The predicted octanol–water partition coefficient (Wildman–Crippen LogP) is 2.78. The van der Waals surface area contributed by atoms with Crippen molar-refractivity contribution in [2.24, 2.45) is 5.92 Å². The van der Waals surface area contributed by atoms with Crippen LogP contribution in [0.2, 0.25) is 0 Å². The van der Waals surface area contributed by atoms with E-state index < -0.39 is 11.7 Å². The van der Waals surface area contributed by atoms with E-state index in [1.807, 2.05) is 27.7 Å². The van der Waals surface area contributed by atoms with Crippen molar-refractivity contribution in [2.45, 2.75) is 66.3 Å². The second-order valence-electron chi connectivity index (χ2n) is 5.26. The van der Waals surface area contributed by atoms with Gasteiger partial charge < -0.3 is 9.47 Å². The van der Waals surface area contributed by atoms with E-state index in [0.717, 1.165) is 0 Å². The lowest BCUT2D eigenvalue weighted by Gasteiger charge is -2.25. The highest BCUT2D eigenvalue weighted by molar-refractivity contribution is 5.74. The highest BCUT2D eigenvalue weighted by Gasteiger charge is 2.24. The lowest BCUT2D eigenvalue weighted by Crippen LogP contribution is -2.34. The number of ether oxygens (including phenoxy) is 2. The van der Waals surface area contributed by atoms with Gasteiger partial charge in [-0.3, -0.25) is 0 Å². The van der Waals surface area contributed by atoms with Gasteiger partial charge in [-0.25, -0.2) is 4.79 Å². The normalized spacial score (nSPS) is 16.3. The highest BCUT2D eigenvalue weighted by Crippen LogP contribution is 2.13. The van der Waals surface area contributed by atoms with Crippen LogP contribution in [0.3, 0.4) is 0 Å². The van der Waals surface area contributed by atoms with Crippen LogP contribution < -0.4 is 0 Å². The maximum absolute atomic E-state index is 11.6. The third-order valence-corrected chi connectivity index (χ3v) is 2.10. The molecule has 0 aromatic rings. The van der Waals surface area contributed by atoms with Gasteiger partial charge >= 0.3 is 5.97 Å². The molecular formula is C12H24O3. The second kappa shape index (κ2) is 5.50. The Balaban J connectivity index is 4.11. The summed E-state index contributed by atoms with van der Waals surface area (Å²) in [6.45, 7) is 13.4. The summed E-state index contributed by atoms with van der Waals surface area (Å²) < 4.78 is 10.8. The van der Waals surface area contributed by atoms with E-state index in [1.54, 1.807) is 6.92 Å². The molecule has 0 aliphatic rings. The molecule has 0 saturated heterocycles. The Morgan fingerprint density at radius 1 is 1.07 bits per heavy atom. The van der Waals surface area contributed by atoms with Crippen LogP contribution in [0.5, 0.6) is 0 Å². The Hall–Kier alpha value is -0.570. The van der Waals surface area contributed by atoms with E-state index in [2.05, 4.69) is 13.8 Å². The van der Waals surface area contributed by atoms with Gasteiger partial charge in [-0.1, -0.05) is 13.8 Å². The topological polar surface area (TPSA) is 35.5 Å². The summed E-state index contributed by atoms with van der Waals surface area (Å²) in [6, 6.07) is 0. The smallest absolute Gasteiger partial charge is 0.335 e. The summed E-state index contributed by atoms with van der Waals surface area (Å²) in [5.41, 5.74) is -0.449. The standard InChI is InChI=1S/C12H24O3/c1-8(2)9(3)14-10(4)11(13)15-12(5,6)7/h8-10H,1-7H3. The zero-order valence-electron chi connectivity index (χ0n) is 11.0. The molecule has 0 N–H and O–H groups in total. The van der Waals surface area contributed by atoms with Gasteiger partial charge in [0.15, 0.2) is 6.10 Å². The molecule has 0 amide bonds. The molecule has 0 saturated carbocycles. The molecule has 2 unspecified atom stereocenters. The maximum Gasteiger partial charge on any atom is 0.335 e. The molecule has 15 heavy (non-hydrogen) atoms. The van der Waals surface area contributed by atoms with Crippen LogP contribution in [-0.4, -0.2) is 23.8 Å². The largest absolute Gasteiger partial charge is 0.458 e. The summed E-state index contributed by atoms with van der Waals surface area (Å²) in [5, 5.41) is 0. The first kappa shape index (κ1) is 14.4. The second-order valence-corrected chi connectivity index (χ2v) is 5.26. The molecule has 2 atom stereocenters. The Morgan fingerprint density at radius 3 is 1.87 bits per heavy atom. The van der Waals surface area contributed by atoms with Crippen molar-refractivity contribution in [1.29, 1.82) is 0 Å². The van der Waals surface area contributed by atoms with E-state index >= 15 is 0 Å². The lowest BCUT2D eigenvalue weighted by atomic mass is 10.1. The Kier molecular flexibility index (Phi) is 5.29. The molecule has 0 rings (SSSR count).